The fourth-order valence-corrected chi connectivity index (χ4v) is 27.0. The Labute approximate surface area is 837 Å². The van der Waals surface area contributed by atoms with E-state index >= 15 is 0 Å². The van der Waals surface area contributed by atoms with Crippen LogP contribution in [0.5, 0.6) is 0 Å². The van der Waals surface area contributed by atoms with Crippen LogP contribution in [0.2, 0.25) is 0 Å². The molecule has 4 nitrogen and oxygen atoms in total. The fourth-order valence-electron chi connectivity index (χ4n) is 22.3. The van der Waals surface area contributed by atoms with Crippen molar-refractivity contribution in [3.63, 3.8) is 0 Å². The maximum Gasteiger partial charge on any atom is 0.179 e. The van der Waals surface area contributed by atoms with Crippen molar-refractivity contribution in [3.05, 3.63) is 557 Å². The summed E-state index contributed by atoms with van der Waals surface area (Å²) in [5.74, 6) is 0. The molecule has 24 aromatic carbocycles. The average Bonchev–Trinajstić information content (AvgIpc) is 0.981. The molecule has 1 heterocycles. The van der Waals surface area contributed by atoms with Crippen LogP contribution in [-0.2, 0) is 10.8 Å². The van der Waals surface area contributed by atoms with Crippen LogP contribution in [0.1, 0.15) is 51.3 Å². The molecular weight excluding hydrogens is 1740 g/mol. The summed E-state index contributed by atoms with van der Waals surface area (Å²) in [7, 11) is -2.71. The van der Waals surface area contributed by atoms with Gasteiger partial charge in [0, 0.05) is 67.7 Å². The lowest BCUT2D eigenvalue weighted by Crippen LogP contribution is -2.74. The number of para-hydroxylation sites is 1. The van der Waals surface area contributed by atoms with E-state index in [1.165, 1.54) is 162 Å². The molecule has 680 valence electrons. The van der Waals surface area contributed by atoms with E-state index in [1.807, 2.05) is 6.07 Å². The number of anilines is 9. The summed E-state index contributed by atoms with van der Waals surface area (Å²) in [6.07, 6.45) is 0. The van der Waals surface area contributed by atoms with Gasteiger partial charge in [-0.3, -0.25) is 0 Å². The number of hydrogen-bond donors (Lipinski definition) is 0. The Hall–Kier alpha value is -17.6. The smallest absolute Gasteiger partial charge is 0.179 e. The minimum Gasteiger partial charge on any atom is -0.310 e. The third-order valence-corrected chi connectivity index (χ3v) is 34.2. The number of benzene rings is 24. The highest BCUT2D eigenvalue weighted by atomic mass is 28.3. The quantitative estimate of drug-likeness (QED) is 0.0546. The van der Waals surface area contributed by atoms with E-state index in [9.17, 15) is 0 Å². The van der Waals surface area contributed by atoms with Gasteiger partial charge < -0.3 is 14.7 Å². The van der Waals surface area contributed by atoms with Crippen LogP contribution in [0, 0.1) is 0 Å². The van der Waals surface area contributed by atoms with Crippen molar-refractivity contribution in [2.24, 2.45) is 0 Å². The lowest BCUT2D eigenvalue weighted by molar-refractivity contribution is 0.590. The summed E-state index contributed by atoms with van der Waals surface area (Å²) in [5.41, 5.74) is 23.5. The van der Waals surface area contributed by atoms with E-state index in [0.717, 1.165) is 68.0 Å². The van der Waals surface area contributed by atoms with Gasteiger partial charge in [-0.2, -0.15) is 0 Å². The van der Waals surface area contributed by atoms with E-state index in [0.29, 0.717) is 0 Å². The Balaban J connectivity index is 0.000000116. The van der Waals surface area contributed by atoms with Gasteiger partial charge in [0.1, 0.15) is 0 Å². The zero-order valence-corrected chi connectivity index (χ0v) is 81.7. The number of nitrogens with zero attached hydrogens (tertiary/aromatic N) is 4. The van der Waals surface area contributed by atoms with Crippen molar-refractivity contribution in [1.29, 1.82) is 0 Å². The first-order chi connectivity index (χ1) is 70.3. The molecule has 0 spiro atoms. The molecule has 25 aromatic rings. The first-order valence-corrected chi connectivity index (χ1v) is 51.7. The molecule has 0 saturated carbocycles. The highest BCUT2D eigenvalue weighted by molar-refractivity contribution is 7.20. The largest absolute Gasteiger partial charge is 0.310 e. The number of aromatic nitrogens is 1. The predicted molar refractivity (Wildman–Crippen MR) is 615 cm³/mol. The molecule has 1 aromatic heterocycles. The summed E-state index contributed by atoms with van der Waals surface area (Å²) in [5, 5.41) is 28.3. The fraction of sp³-hybridized carbons (Fsp3) is 0.0507. The van der Waals surface area contributed by atoms with Crippen LogP contribution in [0.3, 0.4) is 0 Å². The molecule has 5 heteroatoms. The molecule has 0 atom stereocenters. The number of fused-ring (bicyclic) bond motifs is 18. The third kappa shape index (κ3) is 16.5. The van der Waals surface area contributed by atoms with E-state index in [4.69, 9.17) is 4.98 Å². The molecule has 0 aliphatic heterocycles. The van der Waals surface area contributed by atoms with E-state index in [1.54, 1.807) is 0 Å². The Morgan fingerprint density at radius 1 is 0.189 bits per heavy atom. The molecule has 0 radical (unpaired) electrons. The van der Waals surface area contributed by atoms with Crippen LogP contribution in [-0.4, -0.2) is 13.1 Å². The Bertz CT molecular complexity index is 8980. The second kappa shape index (κ2) is 37.3. The van der Waals surface area contributed by atoms with Gasteiger partial charge in [0.25, 0.3) is 0 Å². The number of pyridine rings is 1. The monoisotopic (exact) mass is 1840 g/mol. The molecule has 143 heavy (non-hydrogen) atoms. The first-order valence-electron chi connectivity index (χ1n) is 49.7. The minimum atomic E-state index is -2.71. The zero-order chi connectivity index (χ0) is 96.1. The van der Waals surface area contributed by atoms with Crippen molar-refractivity contribution < 1.29 is 0 Å². The zero-order valence-electron chi connectivity index (χ0n) is 80.7. The lowest BCUT2D eigenvalue weighted by atomic mass is 9.82. The summed E-state index contributed by atoms with van der Waals surface area (Å²) < 4.78 is 0. The van der Waals surface area contributed by atoms with Gasteiger partial charge in [-0.15, -0.1) is 0 Å². The minimum absolute atomic E-state index is 0.0728. The van der Waals surface area contributed by atoms with E-state index in [2.05, 4.69) is 583 Å². The van der Waals surface area contributed by atoms with Crippen molar-refractivity contribution in [1.82, 2.24) is 4.98 Å². The molecule has 0 saturated heterocycles. The molecule has 0 N–H and O–H groups in total. The molecule has 0 bridgehead atoms. The molecule has 0 unspecified atom stereocenters. The van der Waals surface area contributed by atoms with Gasteiger partial charge in [-0.25, -0.2) is 4.98 Å². The molecule has 1 aliphatic carbocycles. The van der Waals surface area contributed by atoms with Crippen LogP contribution >= 0.6 is 0 Å². The molecule has 1 aliphatic rings. The van der Waals surface area contributed by atoms with Gasteiger partial charge in [-0.05, 0) is 283 Å². The van der Waals surface area contributed by atoms with Crippen molar-refractivity contribution in [2.45, 2.75) is 45.4 Å². The highest BCUT2D eigenvalue weighted by Gasteiger charge is 2.42. The maximum absolute atomic E-state index is 5.08. The Morgan fingerprint density at radius 3 is 1.01 bits per heavy atom. The van der Waals surface area contributed by atoms with E-state index < -0.39 is 8.07 Å². The van der Waals surface area contributed by atoms with Gasteiger partial charge in [0.15, 0.2) is 8.07 Å². The van der Waals surface area contributed by atoms with E-state index in [-0.39, 0.29) is 10.8 Å². The lowest BCUT2D eigenvalue weighted by Gasteiger charge is -2.35. The first kappa shape index (κ1) is 88.1. The topological polar surface area (TPSA) is 22.6 Å². The normalized spacial score (nSPS) is 12.1. The Kier molecular flexibility index (Phi) is 23.0. The van der Waals surface area contributed by atoms with Crippen molar-refractivity contribution in [3.8, 4) is 44.8 Å². The van der Waals surface area contributed by atoms with Gasteiger partial charge in [-0.1, -0.05) is 453 Å². The standard InChI is InChI=1S/C48H35NSi.C45H36N2.C45H33N/c1-5-17-38(18-6-1)49(40-31-28-37-30-32-46-45-27-14-13-16-36(45)29-33-47(46)48(37)35-40)39-19-15-26-44(34-39)50(41-20-7-2-8-21-41,42-22-9-3-10-23-42)43-24-11-4-12-25-43;1-45(2,3)35-22-25-36(26-23-35)47(37-15-9-14-34(29-37)44-18-10-17-43(46-44)33-12-5-4-6-13-33)38-24-19-32-21-27-40-39-16-8-7-11-31(39)20-28-41(40)42(32)30-38;1-45(2)43-15-9-8-14-41(43)42-27-23-36(29-44(42)45)46(34-20-16-31(17-21-34)30-10-4-3-5-11-30)35-22-26-38-33(28-35)19-25-39-37-13-7-6-12-32(37)18-24-40(38)39/h1-35H;4-30H,1-3H3;3-29H,1-2H3. The highest BCUT2D eigenvalue weighted by Crippen LogP contribution is 2.52. The van der Waals surface area contributed by atoms with Gasteiger partial charge in [0.05, 0.1) is 11.4 Å². The molecule has 0 amide bonds. The van der Waals surface area contributed by atoms with Gasteiger partial charge >= 0.3 is 0 Å². The molecule has 0 fully saturated rings. The van der Waals surface area contributed by atoms with Crippen molar-refractivity contribution >= 4 is 177 Å². The summed E-state index contributed by atoms with van der Waals surface area (Å²) in [6.45, 7) is 11.5. The summed E-state index contributed by atoms with van der Waals surface area (Å²) in [4.78, 5) is 12.3. The second-order valence-corrected chi connectivity index (χ2v) is 43.0. The molecular formula is C138H104N4Si. The maximum atomic E-state index is 5.08. The van der Waals surface area contributed by atoms with Crippen LogP contribution in [0.4, 0.5) is 51.2 Å². The third-order valence-electron chi connectivity index (χ3n) is 29.4. The predicted octanol–water partition coefficient (Wildman–Crippen LogP) is 35.2. The summed E-state index contributed by atoms with van der Waals surface area (Å²) >= 11 is 0. The van der Waals surface area contributed by atoms with Crippen LogP contribution in [0.25, 0.3) is 142 Å². The van der Waals surface area contributed by atoms with Crippen molar-refractivity contribution in [2.75, 3.05) is 14.7 Å². The summed E-state index contributed by atoms with van der Waals surface area (Å²) in [6, 6.07) is 197. The van der Waals surface area contributed by atoms with Gasteiger partial charge in [0.2, 0.25) is 0 Å². The van der Waals surface area contributed by atoms with Crippen LogP contribution < -0.4 is 35.4 Å². The molecule has 26 rings (SSSR count). The van der Waals surface area contributed by atoms with Crippen LogP contribution in [0.15, 0.2) is 540 Å². The SMILES string of the molecule is CC(C)(C)c1ccc(N(c2cccc(-c3cccc(-c4ccccc4)n3)c2)c2ccc3ccc4c5ccccc5ccc4c3c2)cc1.CC1(C)c2ccccc2-c2ccc(N(c3ccc(-c4ccccc4)cc3)c3ccc4c(ccc5c6ccccc6ccc45)c3)cc21.c1ccc(N(c2cccc([Si](c3ccccc3)(c3ccccc3)c3ccccc3)c2)c2ccc3ccc4c5ccccc5ccc4c3c2)cc1. The average molecular weight is 1850 g/mol. The number of rotatable bonds is 16. The second-order valence-electron chi connectivity index (χ2n) is 39.2. The Morgan fingerprint density at radius 2 is 0.497 bits per heavy atom. The number of hydrogen-bond acceptors (Lipinski definition) is 4.